The van der Waals surface area contributed by atoms with Gasteiger partial charge in [-0.15, -0.1) is 0 Å². The zero-order chi connectivity index (χ0) is 16.7. The van der Waals surface area contributed by atoms with E-state index in [0.717, 1.165) is 6.42 Å². The standard InChI is InChI=1S/C15H17FN6O2/c16-15(2-1-3-15)14(24)20-4-5-22-12(8-20)19-11(6-13(22)23)7-21-10-17-9-18-21/h6,9-10H,1-5,7-8H2. The monoisotopic (exact) mass is 332 g/mol. The summed E-state index contributed by atoms with van der Waals surface area (Å²) in [6, 6.07) is 1.46. The average molecular weight is 332 g/mol. The number of rotatable bonds is 3. The van der Waals surface area contributed by atoms with Crippen LogP contribution in [0.15, 0.2) is 23.5 Å². The third-order valence-electron chi connectivity index (χ3n) is 4.67. The molecule has 0 aromatic carbocycles. The fourth-order valence-electron chi connectivity index (χ4n) is 3.16. The van der Waals surface area contributed by atoms with Gasteiger partial charge in [-0.3, -0.25) is 14.2 Å². The molecule has 0 atom stereocenters. The summed E-state index contributed by atoms with van der Waals surface area (Å²) in [5.74, 6) is 0.0102. The van der Waals surface area contributed by atoms with Crippen molar-refractivity contribution in [2.24, 2.45) is 0 Å². The lowest BCUT2D eigenvalue weighted by molar-refractivity contribution is -0.151. The smallest absolute Gasteiger partial charge is 0.260 e. The highest BCUT2D eigenvalue weighted by Crippen LogP contribution is 2.37. The van der Waals surface area contributed by atoms with Crippen molar-refractivity contribution in [2.45, 2.75) is 44.6 Å². The van der Waals surface area contributed by atoms with Crippen LogP contribution in [0.1, 0.15) is 30.8 Å². The fraction of sp³-hybridized carbons (Fsp3) is 0.533. The Labute approximate surface area is 136 Å². The minimum atomic E-state index is -1.72. The second-order valence-electron chi connectivity index (χ2n) is 6.29. The van der Waals surface area contributed by atoms with E-state index in [9.17, 15) is 14.0 Å². The summed E-state index contributed by atoms with van der Waals surface area (Å²) < 4.78 is 17.5. The van der Waals surface area contributed by atoms with Gasteiger partial charge in [-0.1, -0.05) is 0 Å². The van der Waals surface area contributed by atoms with Crippen molar-refractivity contribution in [2.75, 3.05) is 6.54 Å². The summed E-state index contributed by atoms with van der Waals surface area (Å²) in [4.78, 5) is 34.4. The quantitative estimate of drug-likeness (QED) is 0.797. The maximum atomic E-state index is 14.4. The second-order valence-corrected chi connectivity index (χ2v) is 6.29. The largest absolute Gasteiger partial charge is 0.331 e. The molecule has 0 radical (unpaired) electrons. The Hall–Kier alpha value is -2.58. The minimum Gasteiger partial charge on any atom is -0.331 e. The average Bonchev–Trinajstić information content (AvgIpc) is 3.04. The number of amides is 1. The molecule has 2 aromatic heterocycles. The number of halogens is 1. The molecule has 2 aromatic rings. The van der Waals surface area contributed by atoms with E-state index in [1.165, 1.54) is 23.6 Å². The normalized spacial score (nSPS) is 18.8. The van der Waals surface area contributed by atoms with Crippen molar-refractivity contribution in [3.8, 4) is 0 Å². The van der Waals surface area contributed by atoms with Gasteiger partial charge in [0.2, 0.25) is 0 Å². The number of hydrogen-bond donors (Lipinski definition) is 0. The second kappa shape index (κ2) is 5.50. The molecule has 4 rings (SSSR count). The van der Waals surface area contributed by atoms with Gasteiger partial charge in [-0.2, -0.15) is 5.10 Å². The molecule has 1 fully saturated rings. The molecule has 24 heavy (non-hydrogen) atoms. The fourth-order valence-corrected chi connectivity index (χ4v) is 3.16. The molecule has 1 aliphatic carbocycles. The topological polar surface area (TPSA) is 85.9 Å². The molecule has 0 N–H and O–H groups in total. The Morgan fingerprint density at radius 3 is 2.83 bits per heavy atom. The predicted molar refractivity (Wildman–Crippen MR) is 80.7 cm³/mol. The van der Waals surface area contributed by atoms with Crippen LogP contribution in [0.2, 0.25) is 0 Å². The number of alkyl halides is 1. The Morgan fingerprint density at radius 2 is 2.17 bits per heavy atom. The van der Waals surface area contributed by atoms with Crippen molar-refractivity contribution < 1.29 is 9.18 Å². The van der Waals surface area contributed by atoms with E-state index in [2.05, 4.69) is 15.1 Å². The summed E-state index contributed by atoms with van der Waals surface area (Å²) in [6.07, 6.45) is 4.26. The summed E-state index contributed by atoms with van der Waals surface area (Å²) in [6.45, 7) is 1.16. The number of carbonyl (C=O) groups excluding carboxylic acids is 1. The molecule has 1 aliphatic heterocycles. The van der Waals surface area contributed by atoms with Gasteiger partial charge in [0.1, 0.15) is 18.5 Å². The van der Waals surface area contributed by atoms with Crippen LogP contribution in [0, 0.1) is 0 Å². The predicted octanol–water partition coefficient (Wildman–Crippen LogP) is 0.117. The molecule has 1 saturated carbocycles. The van der Waals surface area contributed by atoms with Crippen LogP contribution in [0.5, 0.6) is 0 Å². The van der Waals surface area contributed by atoms with Crippen molar-refractivity contribution in [1.29, 1.82) is 0 Å². The summed E-state index contributed by atoms with van der Waals surface area (Å²) in [5, 5.41) is 3.99. The highest BCUT2D eigenvalue weighted by Gasteiger charge is 2.47. The molecule has 9 heteroatoms. The van der Waals surface area contributed by atoms with E-state index in [1.54, 1.807) is 9.25 Å². The van der Waals surface area contributed by atoms with Crippen LogP contribution in [-0.2, 0) is 24.4 Å². The summed E-state index contributed by atoms with van der Waals surface area (Å²) in [5.41, 5.74) is -1.34. The van der Waals surface area contributed by atoms with Crippen molar-refractivity contribution in [3.63, 3.8) is 0 Å². The zero-order valence-electron chi connectivity index (χ0n) is 13.1. The Kier molecular flexibility index (Phi) is 3.43. The van der Waals surface area contributed by atoms with Gasteiger partial charge >= 0.3 is 0 Å². The first-order valence-electron chi connectivity index (χ1n) is 7.95. The molecule has 126 valence electrons. The minimum absolute atomic E-state index is 0.158. The van der Waals surface area contributed by atoms with Crippen LogP contribution in [0.25, 0.3) is 0 Å². The van der Waals surface area contributed by atoms with Crippen LogP contribution in [0.3, 0.4) is 0 Å². The molecule has 1 amide bonds. The van der Waals surface area contributed by atoms with Crippen molar-refractivity contribution in [1.82, 2.24) is 29.2 Å². The number of hydrogen-bond acceptors (Lipinski definition) is 5. The first-order valence-corrected chi connectivity index (χ1v) is 7.95. The van der Waals surface area contributed by atoms with Gasteiger partial charge in [-0.05, 0) is 19.3 Å². The number of carbonyl (C=O) groups is 1. The van der Waals surface area contributed by atoms with Gasteiger partial charge in [-0.25, -0.2) is 19.0 Å². The zero-order valence-corrected chi connectivity index (χ0v) is 13.1. The van der Waals surface area contributed by atoms with Crippen molar-refractivity contribution >= 4 is 5.91 Å². The van der Waals surface area contributed by atoms with Crippen LogP contribution in [0.4, 0.5) is 4.39 Å². The maximum Gasteiger partial charge on any atom is 0.260 e. The lowest BCUT2D eigenvalue weighted by Crippen LogP contribution is -2.53. The molecule has 0 unspecified atom stereocenters. The maximum absolute atomic E-state index is 14.4. The van der Waals surface area contributed by atoms with Gasteiger partial charge in [0.15, 0.2) is 5.67 Å². The molecular formula is C15H17FN6O2. The van der Waals surface area contributed by atoms with Crippen LogP contribution < -0.4 is 5.56 Å². The van der Waals surface area contributed by atoms with Gasteiger partial charge < -0.3 is 4.90 Å². The highest BCUT2D eigenvalue weighted by molar-refractivity contribution is 5.86. The van der Waals surface area contributed by atoms with E-state index in [4.69, 9.17) is 0 Å². The first kappa shape index (κ1) is 15.0. The lowest BCUT2D eigenvalue weighted by Gasteiger charge is -2.38. The number of nitrogens with zero attached hydrogens (tertiary/aromatic N) is 6. The first-order chi connectivity index (χ1) is 11.5. The molecule has 0 saturated heterocycles. The molecular weight excluding hydrogens is 315 g/mol. The SMILES string of the molecule is O=C(N1CCn2c(nc(Cn3cncn3)cc2=O)C1)C1(F)CCC1. The molecule has 0 spiro atoms. The van der Waals surface area contributed by atoms with E-state index in [1.807, 2.05) is 0 Å². The molecule has 0 bridgehead atoms. The van der Waals surface area contributed by atoms with Gasteiger partial charge in [0.25, 0.3) is 11.5 Å². The lowest BCUT2D eigenvalue weighted by atomic mass is 9.81. The van der Waals surface area contributed by atoms with E-state index < -0.39 is 11.6 Å². The Balaban J connectivity index is 1.58. The van der Waals surface area contributed by atoms with E-state index >= 15 is 0 Å². The molecule has 3 heterocycles. The Bertz CT molecular complexity index is 827. The molecule has 2 aliphatic rings. The van der Waals surface area contributed by atoms with Crippen LogP contribution >= 0.6 is 0 Å². The van der Waals surface area contributed by atoms with E-state index in [0.29, 0.717) is 31.2 Å². The third kappa shape index (κ3) is 2.49. The van der Waals surface area contributed by atoms with Gasteiger partial charge in [0.05, 0.1) is 18.8 Å². The highest BCUT2D eigenvalue weighted by atomic mass is 19.1. The van der Waals surface area contributed by atoms with Crippen molar-refractivity contribution in [3.05, 3.63) is 40.6 Å². The third-order valence-corrected chi connectivity index (χ3v) is 4.67. The number of aromatic nitrogens is 5. The number of fused-ring (bicyclic) bond motifs is 1. The molecule has 8 nitrogen and oxygen atoms in total. The summed E-state index contributed by atoms with van der Waals surface area (Å²) in [7, 11) is 0. The van der Waals surface area contributed by atoms with Crippen LogP contribution in [-0.4, -0.2) is 47.3 Å². The van der Waals surface area contributed by atoms with E-state index in [-0.39, 0.29) is 24.9 Å². The summed E-state index contributed by atoms with van der Waals surface area (Å²) >= 11 is 0. The van der Waals surface area contributed by atoms with Gasteiger partial charge in [0, 0.05) is 19.2 Å². The Morgan fingerprint density at radius 1 is 1.33 bits per heavy atom.